The van der Waals surface area contributed by atoms with E-state index in [-0.39, 0.29) is 48.0 Å². The highest BCUT2D eigenvalue weighted by molar-refractivity contribution is 14.0. The molecule has 7 nitrogen and oxygen atoms in total. The van der Waals surface area contributed by atoms with Crippen molar-refractivity contribution in [1.82, 2.24) is 15.5 Å². The van der Waals surface area contributed by atoms with Gasteiger partial charge >= 0.3 is 6.03 Å². The molecule has 3 amide bonds. The summed E-state index contributed by atoms with van der Waals surface area (Å²) in [7, 11) is 0. The van der Waals surface area contributed by atoms with Crippen LogP contribution < -0.4 is 16.4 Å². The Bertz CT molecular complexity index is 466. The van der Waals surface area contributed by atoms with Crippen LogP contribution in [-0.2, 0) is 4.79 Å². The first-order chi connectivity index (χ1) is 9.73. The molecule has 0 atom stereocenters. The highest BCUT2D eigenvalue weighted by Gasteiger charge is 2.52. The van der Waals surface area contributed by atoms with Gasteiger partial charge in [-0.2, -0.15) is 0 Å². The summed E-state index contributed by atoms with van der Waals surface area (Å²) >= 11 is 0. The molecule has 0 bridgehead atoms. The average Bonchev–Trinajstić information content (AvgIpc) is 2.88. The van der Waals surface area contributed by atoms with Crippen molar-refractivity contribution in [3.05, 3.63) is 0 Å². The summed E-state index contributed by atoms with van der Waals surface area (Å²) in [6.07, 6.45) is 3.46. The Hall–Kier alpha value is -1.06. The molecule has 2 aliphatic rings. The van der Waals surface area contributed by atoms with E-state index in [0.717, 1.165) is 25.7 Å². The number of imide groups is 1. The fourth-order valence-corrected chi connectivity index (χ4v) is 2.89. The molecule has 1 aliphatic carbocycles. The van der Waals surface area contributed by atoms with Crippen molar-refractivity contribution < 1.29 is 9.59 Å². The van der Waals surface area contributed by atoms with Crippen LogP contribution in [0.5, 0.6) is 0 Å². The molecule has 0 radical (unpaired) electrons. The predicted octanol–water partition coefficient (Wildman–Crippen LogP) is 1.17. The number of amides is 3. The molecule has 4 N–H and O–H groups in total. The van der Waals surface area contributed by atoms with Crippen LogP contribution >= 0.6 is 24.0 Å². The molecule has 0 unspecified atom stereocenters. The van der Waals surface area contributed by atoms with Crippen molar-refractivity contribution in [2.24, 2.45) is 10.7 Å². The standard InChI is InChI=1S/C14H25N5O2.HI/c1-13(2,3)17-11(15)16-8-9-19-10(20)14(18-12(19)21)6-4-5-7-14;/h4-9H2,1-3H3,(H,18,21)(H3,15,16,17);1H. The van der Waals surface area contributed by atoms with Gasteiger partial charge in [-0.1, -0.05) is 12.8 Å². The number of aliphatic imine (C=N–C) groups is 1. The molecule has 1 aliphatic heterocycles. The molecule has 1 heterocycles. The molecule has 126 valence electrons. The summed E-state index contributed by atoms with van der Waals surface area (Å²) in [6.45, 7) is 6.52. The lowest BCUT2D eigenvalue weighted by molar-refractivity contribution is -0.131. The SMILES string of the molecule is CC(C)(C)NC(N)=NCCN1C(=O)NC2(CCCC2)C1=O.I. The summed E-state index contributed by atoms with van der Waals surface area (Å²) in [6, 6.07) is -0.306. The van der Waals surface area contributed by atoms with E-state index < -0.39 is 5.54 Å². The summed E-state index contributed by atoms with van der Waals surface area (Å²) in [5.41, 5.74) is 4.96. The van der Waals surface area contributed by atoms with Crippen molar-refractivity contribution in [3.8, 4) is 0 Å². The topological polar surface area (TPSA) is 99.8 Å². The molecular weight excluding hydrogens is 397 g/mol. The Kier molecular flexibility index (Phi) is 6.05. The quantitative estimate of drug-likeness (QED) is 0.275. The van der Waals surface area contributed by atoms with Crippen LogP contribution in [0.3, 0.4) is 0 Å². The molecule has 2 rings (SSSR count). The van der Waals surface area contributed by atoms with Crippen LogP contribution in [0.2, 0.25) is 0 Å². The van der Waals surface area contributed by atoms with Gasteiger partial charge in [0.15, 0.2) is 5.96 Å². The number of nitrogens with two attached hydrogens (primary N) is 1. The summed E-state index contributed by atoms with van der Waals surface area (Å²) in [5, 5.41) is 5.89. The van der Waals surface area contributed by atoms with Crippen LogP contribution in [0.15, 0.2) is 4.99 Å². The molecule has 1 saturated carbocycles. The molecule has 8 heteroatoms. The molecular formula is C14H26IN5O2. The van der Waals surface area contributed by atoms with Crippen LogP contribution in [0.25, 0.3) is 0 Å². The Morgan fingerprint density at radius 3 is 2.50 bits per heavy atom. The number of nitrogens with zero attached hydrogens (tertiary/aromatic N) is 2. The van der Waals surface area contributed by atoms with E-state index in [1.807, 2.05) is 20.8 Å². The second kappa shape index (κ2) is 7.01. The zero-order chi connectivity index (χ0) is 15.7. The number of nitrogens with one attached hydrogen (secondary N) is 2. The van der Waals surface area contributed by atoms with Crippen LogP contribution in [0, 0.1) is 0 Å². The normalized spacial score (nSPS) is 21.0. The number of carbonyl (C=O) groups is 2. The van der Waals surface area contributed by atoms with E-state index in [9.17, 15) is 9.59 Å². The fraction of sp³-hybridized carbons (Fsp3) is 0.786. The third-order valence-corrected chi connectivity index (χ3v) is 3.81. The molecule has 0 aromatic heterocycles. The van der Waals surface area contributed by atoms with E-state index in [0.29, 0.717) is 12.5 Å². The maximum absolute atomic E-state index is 12.4. The van der Waals surface area contributed by atoms with E-state index in [2.05, 4.69) is 15.6 Å². The zero-order valence-electron chi connectivity index (χ0n) is 13.4. The van der Waals surface area contributed by atoms with E-state index in [1.54, 1.807) is 0 Å². The lowest BCUT2D eigenvalue weighted by Crippen LogP contribution is -2.45. The second-order valence-electron chi connectivity index (χ2n) is 6.82. The van der Waals surface area contributed by atoms with Crippen molar-refractivity contribution in [1.29, 1.82) is 0 Å². The minimum atomic E-state index is -0.643. The van der Waals surface area contributed by atoms with E-state index in [4.69, 9.17) is 5.73 Å². The monoisotopic (exact) mass is 423 g/mol. The largest absolute Gasteiger partial charge is 0.370 e. The van der Waals surface area contributed by atoms with Crippen molar-refractivity contribution in [3.63, 3.8) is 0 Å². The number of guanidine groups is 1. The minimum absolute atomic E-state index is 0. The second-order valence-corrected chi connectivity index (χ2v) is 6.82. The lowest BCUT2D eigenvalue weighted by Gasteiger charge is -2.21. The molecule has 2 fully saturated rings. The van der Waals surface area contributed by atoms with Gasteiger partial charge in [-0.3, -0.25) is 14.7 Å². The minimum Gasteiger partial charge on any atom is -0.370 e. The maximum atomic E-state index is 12.4. The van der Waals surface area contributed by atoms with Gasteiger partial charge in [-0.15, -0.1) is 24.0 Å². The maximum Gasteiger partial charge on any atom is 0.325 e. The molecule has 0 aromatic rings. The third kappa shape index (κ3) is 4.23. The van der Waals surface area contributed by atoms with Gasteiger partial charge < -0.3 is 16.4 Å². The third-order valence-electron chi connectivity index (χ3n) is 3.81. The summed E-state index contributed by atoms with van der Waals surface area (Å²) < 4.78 is 0. The van der Waals surface area contributed by atoms with Gasteiger partial charge in [0.05, 0.1) is 13.1 Å². The summed E-state index contributed by atoms with van der Waals surface area (Å²) in [4.78, 5) is 29.8. The lowest BCUT2D eigenvalue weighted by atomic mass is 9.98. The molecule has 1 saturated heterocycles. The molecule has 0 aromatic carbocycles. The number of carbonyl (C=O) groups excluding carboxylic acids is 2. The van der Waals surface area contributed by atoms with Crippen LogP contribution in [0.4, 0.5) is 4.79 Å². The van der Waals surface area contributed by atoms with Gasteiger partial charge in [0.1, 0.15) is 5.54 Å². The van der Waals surface area contributed by atoms with Gasteiger partial charge in [0.2, 0.25) is 0 Å². The number of hydrogen-bond acceptors (Lipinski definition) is 3. The zero-order valence-corrected chi connectivity index (χ0v) is 15.8. The van der Waals surface area contributed by atoms with Crippen LogP contribution in [0.1, 0.15) is 46.5 Å². The highest BCUT2D eigenvalue weighted by atomic mass is 127. The smallest absolute Gasteiger partial charge is 0.325 e. The first kappa shape index (κ1) is 19.0. The van der Waals surface area contributed by atoms with E-state index >= 15 is 0 Å². The van der Waals surface area contributed by atoms with Gasteiger partial charge in [-0.25, -0.2) is 4.79 Å². The van der Waals surface area contributed by atoms with Gasteiger partial charge in [0.25, 0.3) is 5.91 Å². The highest BCUT2D eigenvalue weighted by Crippen LogP contribution is 2.34. The molecule has 1 spiro atoms. The number of urea groups is 1. The van der Waals surface area contributed by atoms with Gasteiger partial charge in [-0.05, 0) is 33.6 Å². The average molecular weight is 423 g/mol. The van der Waals surface area contributed by atoms with Crippen molar-refractivity contribution in [2.75, 3.05) is 13.1 Å². The number of halogens is 1. The first-order valence-corrected chi connectivity index (χ1v) is 7.46. The van der Waals surface area contributed by atoms with Crippen LogP contribution in [-0.4, -0.2) is 47.0 Å². The predicted molar refractivity (Wildman–Crippen MR) is 96.2 cm³/mol. The first-order valence-electron chi connectivity index (χ1n) is 7.46. The fourth-order valence-electron chi connectivity index (χ4n) is 2.89. The van der Waals surface area contributed by atoms with Gasteiger partial charge in [0, 0.05) is 5.54 Å². The van der Waals surface area contributed by atoms with Crippen molar-refractivity contribution >= 4 is 41.9 Å². The Labute approximate surface area is 148 Å². The molecule has 22 heavy (non-hydrogen) atoms. The van der Waals surface area contributed by atoms with E-state index in [1.165, 1.54) is 4.90 Å². The van der Waals surface area contributed by atoms with Crippen molar-refractivity contribution in [2.45, 2.75) is 57.5 Å². The summed E-state index contributed by atoms with van der Waals surface area (Å²) in [5.74, 6) is 0.215. The Morgan fingerprint density at radius 2 is 1.95 bits per heavy atom. The Morgan fingerprint density at radius 1 is 1.36 bits per heavy atom. The number of rotatable bonds is 3. The Balaban J connectivity index is 0.00000242. The number of hydrogen-bond donors (Lipinski definition) is 3.